The van der Waals surface area contributed by atoms with Gasteiger partial charge >= 0.3 is 94.8 Å². The van der Waals surface area contributed by atoms with Crippen LogP contribution in [0.3, 0.4) is 0 Å². The van der Waals surface area contributed by atoms with E-state index < -0.39 is 32.8 Å². The van der Waals surface area contributed by atoms with E-state index in [0.717, 1.165) is 5.56 Å². The number of unbranched alkanes of at least 4 members (excludes halogenated alkanes) is 2. The molecular weight excluding hydrogens is 457 g/mol. The van der Waals surface area contributed by atoms with Crippen molar-refractivity contribution in [2.75, 3.05) is 6.54 Å². The normalized spacial score (nSPS) is 14.7. The molecule has 0 saturated heterocycles. The summed E-state index contributed by atoms with van der Waals surface area (Å²) in [4.78, 5) is 53.1. The quantitative estimate of drug-likeness (QED) is 0.167. The molecular formula is C14H20NNa3O9P2. The molecule has 3 N–H and O–H groups in total. The van der Waals surface area contributed by atoms with E-state index in [1.165, 1.54) is 0 Å². The Hall–Kier alpha value is 1.75. The summed E-state index contributed by atoms with van der Waals surface area (Å²) in [6.07, 6.45) is -1.27. The van der Waals surface area contributed by atoms with Crippen molar-refractivity contribution >= 4 is 21.3 Å². The number of amides is 1. The maximum Gasteiger partial charge on any atom is 1.00 e. The molecule has 0 aromatic heterocycles. The molecule has 0 heterocycles. The average molecular weight is 477 g/mol. The molecule has 1 aromatic carbocycles. The third-order valence-corrected chi connectivity index (χ3v) is 7.28. The molecule has 148 valence electrons. The van der Waals surface area contributed by atoms with Gasteiger partial charge in [0.2, 0.25) is 0 Å². The smallest absolute Gasteiger partial charge is 0.808 e. The number of alkyl carbamates (subject to hydrolysis) is 1. The van der Waals surface area contributed by atoms with Gasteiger partial charge in [0.1, 0.15) is 6.61 Å². The van der Waals surface area contributed by atoms with Gasteiger partial charge in [-0.1, -0.05) is 36.8 Å². The van der Waals surface area contributed by atoms with E-state index in [4.69, 9.17) is 9.63 Å². The Kier molecular flexibility index (Phi) is 20.0. The van der Waals surface area contributed by atoms with Crippen molar-refractivity contribution < 1.29 is 132 Å². The number of rotatable bonds is 10. The number of benzene rings is 1. The van der Waals surface area contributed by atoms with Crippen molar-refractivity contribution in [3.8, 4) is 0 Å². The van der Waals surface area contributed by atoms with Crippen LogP contribution in [-0.2, 0) is 20.5 Å². The Labute approximate surface area is 235 Å². The van der Waals surface area contributed by atoms with E-state index in [0.29, 0.717) is 6.42 Å². The SMILES string of the molecule is O=C(NCCCCCC(O)(P(=O)([O-])[O-])P(=O)([O-])O)OCc1ccccc1.[Na+].[Na+].[Na+]. The number of carbonyl (C=O) groups excluding carboxylic acids is 1. The van der Waals surface area contributed by atoms with Gasteiger partial charge in [0, 0.05) is 6.54 Å². The Morgan fingerprint density at radius 2 is 1.59 bits per heavy atom. The van der Waals surface area contributed by atoms with Crippen molar-refractivity contribution in [3.05, 3.63) is 35.9 Å². The third-order valence-electron chi connectivity index (χ3n) is 3.56. The van der Waals surface area contributed by atoms with E-state index in [1.807, 2.05) is 6.07 Å². The van der Waals surface area contributed by atoms with E-state index in [1.54, 1.807) is 24.3 Å². The summed E-state index contributed by atoms with van der Waals surface area (Å²) in [6, 6.07) is 9.00. The minimum atomic E-state index is -5.98. The zero-order valence-corrected chi connectivity index (χ0v) is 24.6. The van der Waals surface area contributed by atoms with Gasteiger partial charge in [-0.2, -0.15) is 0 Å². The summed E-state index contributed by atoms with van der Waals surface area (Å²) in [5, 5.41) is 8.23. The van der Waals surface area contributed by atoms with Crippen LogP contribution < -0.4 is 109 Å². The molecule has 2 unspecified atom stereocenters. The zero-order chi connectivity index (χ0) is 19.8. The minimum Gasteiger partial charge on any atom is -0.808 e. The number of hydrogen-bond acceptors (Lipinski definition) is 8. The standard InChI is InChI=1S/C14H23NO9P2.3Na/c16-13(24-11-12-7-3-1-4-8-12)15-10-6-2-5-9-14(17,25(18,19)20)26(21,22)23;;;/h1,3-4,7-8,17H,2,5-6,9-11H2,(H,15,16)(H2,18,19,20)(H2,21,22,23);;;/q;3*+1/p-3. The predicted octanol–water partition coefficient (Wildman–Crippen LogP) is -9.41. The van der Waals surface area contributed by atoms with Gasteiger partial charge < -0.3 is 43.9 Å². The molecule has 0 aliphatic heterocycles. The number of nitrogens with one attached hydrogen (secondary N) is 1. The van der Waals surface area contributed by atoms with Crippen LogP contribution in [0.2, 0.25) is 0 Å². The molecule has 2 atom stereocenters. The summed E-state index contributed by atoms with van der Waals surface area (Å²) in [5.74, 6) is 0. The van der Waals surface area contributed by atoms with E-state index in [-0.39, 0.29) is 115 Å². The first-order chi connectivity index (χ1) is 12.0. The summed E-state index contributed by atoms with van der Waals surface area (Å²) in [6.45, 7) is 0.254. The van der Waals surface area contributed by atoms with Gasteiger partial charge in [0.15, 0.2) is 12.7 Å². The van der Waals surface area contributed by atoms with E-state index in [2.05, 4.69) is 5.32 Å². The molecule has 29 heavy (non-hydrogen) atoms. The molecule has 0 radical (unpaired) electrons. The first-order valence-corrected chi connectivity index (χ1v) is 10.8. The van der Waals surface area contributed by atoms with Crippen LogP contribution >= 0.6 is 15.2 Å². The average Bonchev–Trinajstić information content (AvgIpc) is 2.54. The molecule has 10 nitrogen and oxygen atoms in total. The first kappa shape index (κ1) is 35.3. The largest absolute Gasteiger partial charge is 1.00 e. The molecule has 0 spiro atoms. The molecule has 15 heteroatoms. The van der Waals surface area contributed by atoms with Crippen LogP contribution in [0.1, 0.15) is 31.2 Å². The second-order valence-electron chi connectivity index (χ2n) is 5.59. The summed E-state index contributed by atoms with van der Waals surface area (Å²) < 4.78 is 26.9. The number of carbonyl (C=O) groups is 1. The van der Waals surface area contributed by atoms with Gasteiger partial charge in [0.05, 0.1) is 0 Å². The second-order valence-corrected chi connectivity index (χ2v) is 9.46. The number of hydrogen-bond donors (Lipinski definition) is 3. The fraction of sp³-hybridized carbons (Fsp3) is 0.500. The molecule has 0 aliphatic carbocycles. The molecule has 1 aromatic rings. The predicted molar refractivity (Wildman–Crippen MR) is 85.5 cm³/mol. The fourth-order valence-electron chi connectivity index (χ4n) is 2.06. The molecule has 0 bridgehead atoms. The molecule has 0 fully saturated rings. The van der Waals surface area contributed by atoms with Crippen LogP contribution in [0.5, 0.6) is 0 Å². The maximum absolute atomic E-state index is 11.5. The van der Waals surface area contributed by atoms with Gasteiger partial charge in [-0.3, -0.25) is 0 Å². The fourth-order valence-corrected chi connectivity index (χ4v) is 4.17. The Bertz CT molecular complexity index is 662. The monoisotopic (exact) mass is 477 g/mol. The van der Waals surface area contributed by atoms with Gasteiger partial charge in [0.25, 0.3) is 0 Å². The third kappa shape index (κ3) is 12.5. The zero-order valence-electron chi connectivity index (χ0n) is 16.8. The van der Waals surface area contributed by atoms with Crippen LogP contribution in [0.4, 0.5) is 4.79 Å². The maximum atomic E-state index is 11.5. The number of ether oxygens (including phenoxy) is 1. The summed E-state index contributed by atoms with van der Waals surface area (Å²) in [7, 11) is -11.8. The topological polar surface area (TPSA) is 182 Å². The summed E-state index contributed by atoms with van der Waals surface area (Å²) in [5.41, 5.74) is 0.813. The van der Waals surface area contributed by atoms with Crippen molar-refractivity contribution in [2.24, 2.45) is 0 Å². The van der Waals surface area contributed by atoms with Crippen molar-refractivity contribution in [3.63, 3.8) is 0 Å². The Morgan fingerprint density at radius 1 is 1.03 bits per heavy atom. The summed E-state index contributed by atoms with van der Waals surface area (Å²) >= 11 is 0. The first-order valence-electron chi connectivity index (χ1n) is 7.70. The van der Waals surface area contributed by atoms with Crippen LogP contribution in [0.15, 0.2) is 30.3 Å². The molecule has 0 aliphatic rings. The molecule has 1 amide bonds. The van der Waals surface area contributed by atoms with Crippen molar-refractivity contribution in [2.45, 2.75) is 37.4 Å². The minimum absolute atomic E-state index is 0. The Balaban J connectivity index is -0.00000225. The van der Waals surface area contributed by atoms with Crippen molar-refractivity contribution in [1.82, 2.24) is 5.32 Å². The van der Waals surface area contributed by atoms with Gasteiger partial charge in [-0.15, -0.1) is 0 Å². The Morgan fingerprint density at radius 3 is 2.07 bits per heavy atom. The van der Waals surface area contributed by atoms with Crippen LogP contribution in [0, 0.1) is 0 Å². The van der Waals surface area contributed by atoms with E-state index in [9.17, 15) is 33.7 Å². The van der Waals surface area contributed by atoms with Gasteiger partial charge in [-0.05, 0) is 32.4 Å². The number of aliphatic hydroxyl groups is 1. The molecule has 0 saturated carbocycles. The van der Waals surface area contributed by atoms with Crippen LogP contribution in [0.25, 0.3) is 0 Å². The van der Waals surface area contributed by atoms with E-state index >= 15 is 0 Å². The van der Waals surface area contributed by atoms with Crippen LogP contribution in [-0.4, -0.2) is 27.7 Å². The van der Waals surface area contributed by atoms with Crippen molar-refractivity contribution in [1.29, 1.82) is 0 Å². The second kappa shape index (κ2) is 16.4. The van der Waals surface area contributed by atoms with Gasteiger partial charge in [-0.25, -0.2) is 4.79 Å². The molecule has 1 rings (SSSR count).